The molecule has 0 aromatic heterocycles. The normalized spacial score (nSPS) is 51.9. The van der Waals surface area contributed by atoms with Gasteiger partial charge in [-0.2, -0.15) is 0 Å². The molecule has 0 spiro atoms. The van der Waals surface area contributed by atoms with E-state index in [0.29, 0.717) is 0 Å². The van der Waals surface area contributed by atoms with Crippen LogP contribution in [0.4, 0.5) is 0 Å². The first-order chi connectivity index (χ1) is 9.86. The van der Waals surface area contributed by atoms with Gasteiger partial charge in [0.05, 0.1) is 13.2 Å². The molecule has 0 aromatic rings. The molecule has 2 aliphatic heterocycles. The van der Waals surface area contributed by atoms with Crippen LogP contribution in [0.2, 0.25) is 0 Å². The first kappa shape index (κ1) is 17.0. The lowest BCUT2D eigenvalue weighted by molar-refractivity contribution is -0.352. The molecule has 0 amide bonds. The van der Waals surface area contributed by atoms with Gasteiger partial charge in [0, 0.05) is 0 Å². The fraction of sp³-hybridized carbons (Fsp3) is 1.00. The molecule has 0 aliphatic carbocycles. The van der Waals surface area contributed by atoms with Crippen LogP contribution in [0.5, 0.6) is 0 Å². The minimum Gasteiger partial charge on any atom is -0.394 e. The van der Waals surface area contributed by atoms with E-state index in [4.69, 9.17) is 19.3 Å². The van der Waals surface area contributed by atoms with Crippen LogP contribution >= 0.6 is 0 Å². The molecule has 10 nitrogen and oxygen atoms in total. The monoisotopic (exact) mass is 312 g/mol. The van der Waals surface area contributed by atoms with Crippen molar-refractivity contribution in [1.29, 1.82) is 0 Å². The molecule has 2 heterocycles. The average molecular weight is 312 g/mol. The first-order valence-electron chi connectivity index (χ1n) is 6.48. The zero-order valence-electron chi connectivity index (χ0n) is 11.0. The van der Waals surface area contributed by atoms with Gasteiger partial charge >= 0.3 is 0 Å². The number of aliphatic hydroxyl groups is 7. The first-order valence-corrected chi connectivity index (χ1v) is 6.48. The van der Waals surface area contributed by atoms with E-state index in [2.05, 4.69) is 0 Å². The van der Waals surface area contributed by atoms with Crippen molar-refractivity contribution in [3.8, 4) is 0 Å². The molecule has 2 fully saturated rings. The maximum absolute atomic E-state index is 9.78. The Kier molecular flexibility index (Phi) is 5.48. The number of rotatable bonds is 3. The molecular weight excluding hydrogens is 292 g/mol. The zero-order valence-corrected chi connectivity index (χ0v) is 11.0. The van der Waals surface area contributed by atoms with Gasteiger partial charge in [0.25, 0.3) is 0 Å². The number of ether oxygens (including phenoxy) is 3. The van der Waals surface area contributed by atoms with Gasteiger partial charge in [0.1, 0.15) is 42.7 Å². The predicted octanol–water partition coefficient (Wildman–Crippen LogP) is -4.76. The molecule has 10 heteroatoms. The molecule has 0 unspecified atom stereocenters. The van der Waals surface area contributed by atoms with Crippen LogP contribution in [0, 0.1) is 0 Å². The van der Waals surface area contributed by atoms with Crippen molar-refractivity contribution in [3.63, 3.8) is 0 Å². The molecule has 2 rings (SSSR count). The predicted molar refractivity (Wildman–Crippen MR) is 62.6 cm³/mol. The van der Waals surface area contributed by atoms with E-state index in [9.17, 15) is 30.6 Å². The number of aliphatic hydroxyl groups excluding tert-OH is 7. The minimum atomic E-state index is -1.68. The van der Waals surface area contributed by atoms with Crippen LogP contribution in [0.3, 0.4) is 0 Å². The van der Waals surface area contributed by atoms with E-state index in [1.807, 2.05) is 0 Å². The second-order valence-electron chi connectivity index (χ2n) is 5.08. The molecule has 7 N–H and O–H groups in total. The molecule has 0 bridgehead atoms. The van der Waals surface area contributed by atoms with Crippen LogP contribution in [0.1, 0.15) is 0 Å². The van der Waals surface area contributed by atoms with E-state index in [1.54, 1.807) is 0 Å². The van der Waals surface area contributed by atoms with E-state index in [1.165, 1.54) is 0 Å². The van der Waals surface area contributed by atoms with Crippen molar-refractivity contribution in [2.75, 3.05) is 13.2 Å². The van der Waals surface area contributed by atoms with Crippen LogP contribution < -0.4 is 0 Å². The van der Waals surface area contributed by atoms with Crippen molar-refractivity contribution < 1.29 is 50.0 Å². The summed E-state index contributed by atoms with van der Waals surface area (Å²) in [5.41, 5.74) is 0. The van der Waals surface area contributed by atoms with Gasteiger partial charge in [-0.3, -0.25) is 0 Å². The highest BCUT2D eigenvalue weighted by atomic mass is 16.7. The summed E-state index contributed by atoms with van der Waals surface area (Å²) in [5, 5.41) is 66.8. The van der Waals surface area contributed by atoms with Crippen LogP contribution in [0.15, 0.2) is 0 Å². The Balaban J connectivity index is 2.06. The van der Waals surface area contributed by atoms with E-state index in [-0.39, 0.29) is 6.61 Å². The summed E-state index contributed by atoms with van der Waals surface area (Å²) in [6, 6.07) is 0. The van der Waals surface area contributed by atoms with Gasteiger partial charge in [-0.25, -0.2) is 0 Å². The molecule has 0 aromatic carbocycles. The molecule has 124 valence electrons. The maximum atomic E-state index is 9.78. The van der Waals surface area contributed by atoms with Gasteiger partial charge in [-0.15, -0.1) is 0 Å². The van der Waals surface area contributed by atoms with E-state index < -0.39 is 61.9 Å². The Morgan fingerprint density at radius 3 is 2.19 bits per heavy atom. The van der Waals surface area contributed by atoms with E-state index >= 15 is 0 Å². The fourth-order valence-electron chi connectivity index (χ4n) is 2.26. The average Bonchev–Trinajstić information content (AvgIpc) is 2.47. The highest BCUT2D eigenvalue weighted by molar-refractivity contribution is 4.91. The highest BCUT2D eigenvalue weighted by Crippen LogP contribution is 2.26. The summed E-state index contributed by atoms with van der Waals surface area (Å²) in [6.45, 7) is -0.934. The summed E-state index contributed by atoms with van der Waals surface area (Å²) in [4.78, 5) is 0. The third-order valence-electron chi connectivity index (χ3n) is 3.59. The Labute approximate surface area is 119 Å². The van der Waals surface area contributed by atoms with Crippen LogP contribution in [-0.4, -0.2) is 104 Å². The lowest BCUT2D eigenvalue weighted by atomic mass is 9.99. The van der Waals surface area contributed by atoms with Crippen molar-refractivity contribution in [2.24, 2.45) is 0 Å². The van der Waals surface area contributed by atoms with Gasteiger partial charge in [0.15, 0.2) is 12.6 Å². The van der Waals surface area contributed by atoms with Gasteiger partial charge < -0.3 is 50.0 Å². The molecule has 2 saturated heterocycles. The molecule has 0 saturated carbocycles. The molecule has 0 radical (unpaired) electrons. The van der Waals surface area contributed by atoms with Gasteiger partial charge in [-0.05, 0) is 0 Å². The second-order valence-corrected chi connectivity index (χ2v) is 5.08. The third kappa shape index (κ3) is 3.35. The van der Waals surface area contributed by atoms with Crippen molar-refractivity contribution in [1.82, 2.24) is 0 Å². The quantitative estimate of drug-likeness (QED) is 0.268. The fourth-order valence-corrected chi connectivity index (χ4v) is 2.26. The van der Waals surface area contributed by atoms with Gasteiger partial charge in [-0.1, -0.05) is 0 Å². The smallest absolute Gasteiger partial charge is 0.187 e. The number of hydrogen-bond acceptors (Lipinski definition) is 10. The van der Waals surface area contributed by atoms with Crippen molar-refractivity contribution in [2.45, 2.75) is 55.3 Å². The Bertz CT molecular complexity index is 339. The maximum Gasteiger partial charge on any atom is 0.187 e. The Morgan fingerprint density at radius 1 is 0.905 bits per heavy atom. The number of hydrogen-bond donors (Lipinski definition) is 7. The second kappa shape index (κ2) is 6.79. The molecule has 9 atom stereocenters. The molecular formula is C11H20O10. The largest absolute Gasteiger partial charge is 0.394 e. The van der Waals surface area contributed by atoms with Crippen LogP contribution in [0.25, 0.3) is 0 Å². The Hall–Kier alpha value is -0.400. The van der Waals surface area contributed by atoms with Crippen molar-refractivity contribution >= 4 is 0 Å². The topological polar surface area (TPSA) is 169 Å². The Morgan fingerprint density at radius 2 is 1.57 bits per heavy atom. The third-order valence-corrected chi connectivity index (χ3v) is 3.59. The standard InChI is InChI=1S/C11H20O10/c12-1-4-6(15)7(16)8(17)11(20-4)21-9-5(14)3(13)2-19-10(9)18/h3-18H,1-2H2/t3-,4-,5+,6+,7+,8-,9-,10-,11-/m1/s1. The zero-order chi connectivity index (χ0) is 15.7. The van der Waals surface area contributed by atoms with Crippen molar-refractivity contribution in [3.05, 3.63) is 0 Å². The lowest BCUT2D eigenvalue weighted by Gasteiger charge is -2.43. The summed E-state index contributed by atoms with van der Waals surface area (Å²) in [6.07, 6.45) is -13.4. The minimum absolute atomic E-state index is 0.295. The highest BCUT2D eigenvalue weighted by Gasteiger charge is 2.48. The van der Waals surface area contributed by atoms with Crippen LogP contribution in [-0.2, 0) is 14.2 Å². The summed E-state index contributed by atoms with van der Waals surface area (Å²) in [5.74, 6) is 0. The van der Waals surface area contributed by atoms with E-state index in [0.717, 1.165) is 0 Å². The SMILES string of the molecule is OC[C@H]1O[C@H](O[C@@H]2[C@@H](O)[C@H](O)CO[C@H]2O)[C@H](O)[C@@H](O)[C@H]1O. The van der Waals surface area contributed by atoms with Gasteiger partial charge in [0.2, 0.25) is 0 Å². The molecule has 2 aliphatic rings. The molecule has 21 heavy (non-hydrogen) atoms. The summed E-state index contributed by atoms with van der Waals surface area (Å²) < 4.78 is 15.0. The summed E-state index contributed by atoms with van der Waals surface area (Å²) in [7, 11) is 0. The summed E-state index contributed by atoms with van der Waals surface area (Å²) >= 11 is 0. The lowest BCUT2D eigenvalue weighted by Crippen LogP contribution is -2.62.